The number of amides is 1. The van der Waals surface area contributed by atoms with E-state index in [1.165, 1.54) is 0 Å². The topological polar surface area (TPSA) is 60.1 Å². The van der Waals surface area contributed by atoms with E-state index < -0.39 is 0 Å². The predicted molar refractivity (Wildman–Crippen MR) is 78.7 cm³/mol. The lowest BCUT2D eigenvalue weighted by Gasteiger charge is -2.03. The van der Waals surface area contributed by atoms with Crippen molar-refractivity contribution in [1.29, 1.82) is 0 Å². The number of oxazole rings is 1. The molecule has 0 atom stereocenters. The van der Waals surface area contributed by atoms with Crippen LogP contribution < -0.4 is 5.32 Å². The van der Waals surface area contributed by atoms with E-state index in [0.717, 1.165) is 5.56 Å². The number of rotatable bonds is 5. The van der Waals surface area contributed by atoms with Gasteiger partial charge in [0, 0.05) is 31.0 Å². The lowest BCUT2D eigenvalue weighted by molar-refractivity contribution is 0.0918. The van der Waals surface area contributed by atoms with Crippen LogP contribution in [0.15, 0.2) is 65.5 Å². The molecule has 0 radical (unpaired) electrons. The SMILES string of the molecule is O=C(NCCn1cccc1)c1ncc(-c2ccccc2)o1. The van der Waals surface area contributed by atoms with E-state index in [2.05, 4.69) is 10.3 Å². The van der Waals surface area contributed by atoms with Gasteiger partial charge in [0.15, 0.2) is 5.76 Å². The summed E-state index contributed by atoms with van der Waals surface area (Å²) in [5.74, 6) is 0.372. The molecule has 1 N–H and O–H groups in total. The fraction of sp³-hybridized carbons (Fsp3) is 0.125. The zero-order chi connectivity index (χ0) is 14.5. The molecule has 0 bridgehead atoms. The molecule has 0 aliphatic carbocycles. The second-order valence-corrected chi connectivity index (χ2v) is 4.57. The van der Waals surface area contributed by atoms with E-state index >= 15 is 0 Å². The van der Waals surface area contributed by atoms with Crippen molar-refractivity contribution in [2.24, 2.45) is 0 Å². The van der Waals surface area contributed by atoms with Gasteiger partial charge < -0.3 is 14.3 Å². The molecule has 3 rings (SSSR count). The van der Waals surface area contributed by atoms with Gasteiger partial charge >= 0.3 is 5.91 Å². The van der Waals surface area contributed by atoms with Crippen LogP contribution in [-0.2, 0) is 6.54 Å². The van der Waals surface area contributed by atoms with Crippen LogP contribution in [0.3, 0.4) is 0 Å². The summed E-state index contributed by atoms with van der Waals surface area (Å²) < 4.78 is 7.48. The number of carbonyl (C=O) groups is 1. The third-order valence-electron chi connectivity index (χ3n) is 3.08. The van der Waals surface area contributed by atoms with Crippen molar-refractivity contribution in [2.45, 2.75) is 6.54 Å². The number of carbonyl (C=O) groups excluding carboxylic acids is 1. The third-order valence-corrected chi connectivity index (χ3v) is 3.08. The van der Waals surface area contributed by atoms with E-state index in [-0.39, 0.29) is 11.8 Å². The summed E-state index contributed by atoms with van der Waals surface area (Å²) in [6.07, 6.45) is 5.46. The Labute approximate surface area is 122 Å². The van der Waals surface area contributed by atoms with Gasteiger partial charge in [0.2, 0.25) is 0 Å². The molecule has 2 heterocycles. The minimum absolute atomic E-state index is 0.0846. The summed E-state index contributed by atoms with van der Waals surface area (Å²) in [5.41, 5.74) is 0.899. The van der Waals surface area contributed by atoms with Crippen molar-refractivity contribution >= 4 is 5.91 Å². The maximum Gasteiger partial charge on any atom is 0.307 e. The second kappa shape index (κ2) is 6.09. The van der Waals surface area contributed by atoms with Gasteiger partial charge in [-0.2, -0.15) is 0 Å². The Balaban J connectivity index is 1.59. The van der Waals surface area contributed by atoms with E-state index in [9.17, 15) is 4.79 Å². The maximum absolute atomic E-state index is 11.9. The summed E-state index contributed by atoms with van der Waals surface area (Å²) in [4.78, 5) is 16.0. The van der Waals surface area contributed by atoms with Crippen LogP contribution in [-0.4, -0.2) is 22.0 Å². The molecule has 21 heavy (non-hydrogen) atoms. The minimum atomic E-state index is -0.302. The van der Waals surface area contributed by atoms with Gasteiger partial charge in [-0.05, 0) is 12.1 Å². The van der Waals surface area contributed by atoms with Gasteiger partial charge in [-0.3, -0.25) is 4.79 Å². The lowest BCUT2D eigenvalue weighted by atomic mass is 10.2. The number of hydrogen-bond acceptors (Lipinski definition) is 3. The molecule has 3 aromatic rings. The molecule has 0 unspecified atom stereocenters. The molecular weight excluding hydrogens is 266 g/mol. The van der Waals surface area contributed by atoms with Crippen LogP contribution in [0, 0.1) is 0 Å². The smallest absolute Gasteiger partial charge is 0.307 e. The predicted octanol–water partition coefficient (Wildman–Crippen LogP) is 2.57. The highest BCUT2D eigenvalue weighted by atomic mass is 16.4. The minimum Gasteiger partial charge on any atom is -0.432 e. The van der Waals surface area contributed by atoms with Crippen LogP contribution in [0.1, 0.15) is 10.7 Å². The maximum atomic E-state index is 11.9. The molecule has 1 aromatic carbocycles. The van der Waals surface area contributed by atoms with Gasteiger partial charge in [0.25, 0.3) is 5.89 Å². The molecule has 0 spiro atoms. The normalized spacial score (nSPS) is 10.5. The lowest BCUT2D eigenvalue weighted by Crippen LogP contribution is -2.27. The summed E-state index contributed by atoms with van der Waals surface area (Å²) in [5, 5.41) is 2.79. The van der Waals surface area contributed by atoms with Crippen LogP contribution in [0.25, 0.3) is 11.3 Å². The number of benzene rings is 1. The Hall–Kier alpha value is -2.82. The number of nitrogens with one attached hydrogen (secondary N) is 1. The molecule has 0 fully saturated rings. The first-order valence-corrected chi connectivity index (χ1v) is 6.73. The van der Waals surface area contributed by atoms with Gasteiger partial charge in [-0.25, -0.2) is 4.98 Å². The Kier molecular flexibility index (Phi) is 3.82. The Morgan fingerprint density at radius 1 is 1.14 bits per heavy atom. The second-order valence-electron chi connectivity index (χ2n) is 4.57. The van der Waals surface area contributed by atoms with E-state index in [1.54, 1.807) is 6.20 Å². The monoisotopic (exact) mass is 281 g/mol. The first kappa shape index (κ1) is 13.2. The third kappa shape index (κ3) is 3.20. The van der Waals surface area contributed by atoms with E-state index in [4.69, 9.17) is 4.42 Å². The van der Waals surface area contributed by atoms with E-state index in [1.807, 2.05) is 59.4 Å². The molecule has 5 nitrogen and oxygen atoms in total. The molecule has 0 saturated heterocycles. The highest BCUT2D eigenvalue weighted by molar-refractivity contribution is 5.89. The average molecular weight is 281 g/mol. The highest BCUT2D eigenvalue weighted by Gasteiger charge is 2.13. The largest absolute Gasteiger partial charge is 0.432 e. The van der Waals surface area contributed by atoms with Crippen LogP contribution in [0.5, 0.6) is 0 Å². The Morgan fingerprint density at radius 3 is 2.67 bits per heavy atom. The number of aromatic nitrogens is 2. The molecule has 0 saturated carbocycles. The van der Waals surface area contributed by atoms with Gasteiger partial charge in [-0.1, -0.05) is 30.3 Å². The standard InChI is InChI=1S/C16H15N3O2/c20-15(17-8-11-19-9-4-5-10-19)16-18-12-14(21-16)13-6-2-1-3-7-13/h1-7,9-10,12H,8,11H2,(H,17,20). The van der Waals surface area contributed by atoms with Crippen molar-refractivity contribution in [3.05, 3.63) is 66.9 Å². The molecule has 2 aromatic heterocycles. The molecule has 0 aliphatic rings. The first-order chi connectivity index (χ1) is 10.3. The fourth-order valence-corrected chi connectivity index (χ4v) is 2.01. The van der Waals surface area contributed by atoms with Crippen molar-refractivity contribution < 1.29 is 9.21 Å². The molecule has 5 heteroatoms. The summed E-state index contributed by atoms with van der Waals surface area (Å²) >= 11 is 0. The summed E-state index contributed by atoms with van der Waals surface area (Å²) in [6.45, 7) is 1.24. The number of hydrogen-bond donors (Lipinski definition) is 1. The highest BCUT2D eigenvalue weighted by Crippen LogP contribution is 2.19. The van der Waals surface area contributed by atoms with E-state index in [0.29, 0.717) is 18.8 Å². The first-order valence-electron chi connectivity index (χ1n) is 6.73. The fourth-order valence-electron chi connectivity index (χ4n) is 2.01. The summed E-state index contributed by atoms with van der Waals surface area (Å²) in [7, 11) is 0. The van der Waals surface area contributed by atoms with Crippen molar-refractivity contribution in [3.8, 4) is 11.3 Å². The van der Waals surface area contributed by atoms with Crippen LogP contribution in [0.2, 0.25) is 0 Å². The van der Waals surface area contributed by atoms with Crippen LogP contribution >= 0.6 is 0 Å². The van der Waals surface area contributed by atoms with Crippen molar-refractivity contribution in [2.75, 3.05) is 6.54 Å². The summed E-state index contributed by atoms with van der Waals surface area (Å²) in [6, 6.07) is 13.5. The molecular formula is C16H15N3O2. The molecule has 0 aliphatic heterocycles. The van der Waals surface area contributed by atoms with Crippen LogP contribution in [0.4, 0.5) is 0 Å². The average Bonchev–Trinajstić information content (AvgIpc) is 3.20. The molecule has 106 valence electrons. The zero-order valence-electron chi connectivity index (χ0n) is 11.4. The Morgan fingerprint density at radius 2 is 1.90 bits per heavy atom. The van der Waals surface area contributed by atoms with Crippen molar-refractivity contribution in [3.63, 3.8) is 0 Å². The quantitative estimate of drug-likeness (QED) is 0.782. The number of nitrogens with zero attached hydrogens (tertiary/aromatic N) is 2. The Bertz CT molecular complexity index is 702. The molecule has 1 amide bonds. The van der Waals surface area contributed by atoms with Gasteiger partial charge in [0.05, 0.1) is 6.20 Å². The van der Waals surface area contributed by atoms with Gasteiger partial charge in [-0.15, -0.1) is 0 Å². The van der Waals surface area contributed by atoms with Crippen molar-refractivity contribution in [1.82, 2.24) is 14.9 Å². The van der Waals surface area contributed by atoms with Gasteiger partial charge in [0.1, 0.15) is 0 Å². The zero-order valence-corrected chi connectivity index (χ0v) is 11.4.